The van der Waals surface area contributed by atoms with Crippen LogP contribution in [0.15, 0.2) is 22.7 Å². The first-order valence-electron chi connectivity index (χ1n) is 7.84. The van der Waals surface area contributed by atoms with Gasteiger partial charge in [0, 0.05) is 23.2 Å². The Morgan fingerprint density at radius 2 is 1.96 bits per heavy atom. The third-order valence-corrected chi connectivity index (χ3v) is 5.86. The zero-order chi connectivity index (χ0) is 18.6. The number of anilines is 1. The van der Waals surface area contributed by atoms with Crippen LogP contribution in [0.3, 0.4) is 0 Å². The van der Waals surface area contributed by atoms with Gasteiger partial charge in [-0.05, 0) is 43.5 Å². The van der Waals surface area contributed by atoms with Gasteiger partial charge in [0.1, 0.15) is 0 Å². The molecule has 1 aliphatic rings. The van der Waals surface area contributed by atoms with Crippen molar-refractivity contribution in [2.24, 2.45) is 5.92 Å². The van der Waals surface area contributed by atoms with Crippen molar-refractivity contribution in [1.29, 1.82) is 0 Å². The van der Waals surface area contributed by atoms with Crippen LogP contribution in [0.2, 0.25) is 0 Å². The van der Waals surface area contributed by atoms with Crippen LogP contribution in [0.4, 0.5) is 5.69 Å². The summed E-state index contributed by atoms with van der Waals surface area (Å²) in [6.45, 7) is 2.09. The van der Waals surface area contributed by atoms with E-state index in [0.29, 0.717) is 31.6 Å². The largest absolute Gasteiger partial charge is 0.455 e. The zero-order valence-electron chi connectivity index (χ0n) is 14.1. The molecule has 1 aromatic carbocycles. The molecule has 0 aromatic heterocycles. The summed E-state index contributed by atoms with van der Waals surface area (Å²) in [7, 11) is -3.23. The molecule has 1 amide bonds. The molecule has 2 rings (SSSR count). The number of ether oxygens (including phenoxy) is 1. The fourth-order valence-corrected chi connectivity index (χ4v) is 3.98. The number of aryl methyl sites for hydroxylation is 1. The monoisotopic (exact) mass is 432 g/mol. The minimum Gasteiger partial charge on any atom is -0.455 e. The lowest BCUT2D eigenvalue weighted by Crippen LogP contribution is -2.40. The zero-order valence-corrected chi connectivity index (χ0v) is 16.5. The van der Waals surface area contributed by atoms with E-state index in [1.54, 1.807) is 6.07 Å². The molecule has 1 aromatic rings. The lowest BCUT2D eigenvalue weighted by molar-refractivity contribution is -0.152. The Hall–Kier alpha value is -1.45. The summed E-state index contributed by atoms with van der Waals surface area (Å²) < 4.78 is 30.2. The molecule has 9 heteroatoms. The second-order valence-corrected chi connectivity index (χ2v) is 8.95. The Morgan fingerprint density at radius 1 is 1.32 bits per heavy atom. The maximum atomic E-state index is 12.0. The van der Waals surface area contributed by atoms with Crippen LogP contribution < -0.4 is 5.32 Å². The van der Waals surface area contributed by atoms with Gasteiger partial charge in [-0.25, -0.2) is 12.7 Å². The molecule has 0 spiro atoms. The Bertz CT molecular complexity index is 758. The van der Waals surface area contributed by atoms with Crippen LogP contribution >= 0.6 is 15.9 Å². The Morgan fingerprint density at radius 3 is 2.52 bits per heavy atom. The maximum absolute atomic E-state index is 12.0. The first-order chi connectivity index (χ1) is 11.7. The van der Waals surface area contributed by atoms with E-state index in [4.69, 9.17) is 4.74 Å². The molecule has 1 fully saturated rings. The first kappa shape index (κ1) is 19.9. The van der Waals surface area contributed by atoms with E-state index in [9.17, 15) is 18.0 Å². The van der Waals surface area contributed by atoms with E-state index in [0.717, 1.165) is 16.3 Å². The van der Waals surface area contributed by atoms with Gasteiger partial charge in [-0.1, -0.05) is 15.9 Å². The highest BCUT2D eigenvalue weighted by Gasteiger charge is 2.30. The van der Waals surface area contributed by atoms with Crippen molar-refractivity contribution in [2.75, 3.05) is 31.3 Å². The van der Waals surface area contributed by atoms with E-state index in [1.165, 1.54) is 4.31 Å². The molecule has 0 atom stereocenters. The third kappa shape index (κ3) is 5.79. The summed E-state index contributed by atoms with van der Waals surface area (Å²) in [6.07, 6.45) is 1.96. The van der Waals surface area contributed by atoms with Crippen molar-refractivity contribution < 1.29 is 22.7 Å². The topological polar surface area (TPSA) is 92.8 Å². The van der Waals surface area contributed by atoms with Gasteiger partial charge in [0.15, 0.2) is 6.61 Å². The molecule has 0 aliphatic carbocycles. The minimum atomic E-state index is -3.23. The number of amides is 1. The highest BCUT2D eigenvalue weighted by Crippen LogP contribution is 2.21. The molecule has 1 N–H and O–H groups in total. The van der Waals surface area contributed by atoms with Crippen LogP contribution in [0.5, 0.6) is 0 Å². The van der Waals surface area contributed by atoms with E-state index in [1.807, 2.05) is 19.1 Å². The number of benzene rings is 1. The summed E-state index contributed by atoms with van der Waals surface area (Å²) in [6, 6.07) is 5.45. The van der Waals surface area contributed by atoms with Gasteiger partial charge < -0.3 is 10.1 Å². The van der Waals surface area contributed by atoms with Gasteiger partial charge in [0.25, 0.3) is 5.91 Å². The number of carbonyl (C=O) groups excluding carboxylic acids is 2. The highest BCUT2D eigenvalue weighted by molar-refractivity contribution is 9.10. The second kappa shape index (κ2) is 8.29. The summed E-state index contributed by atoms with van der Waals surface area (Å²) in [4.78, 5) is 24.0. The summed E-state index contributed by atoms with van der Waals surface area (Å²) in [5, 5.41) is 2.70. The maximum Gasteiger partial charge on any atom is 0.309 e. The molecule has 0 bridgehead atoms. The number of carbonyl (C=O) groups is 2. The van der Waals surface area contributed by atoms with Gasteiger partial charge in [-0.15, -0.1) is 0 Å². The second-order valence-electron chi connectivity index (χ2n) is 6.05. The molecule has 25 heavy (non-hydrogen) atoms. The average Bonchev–Trinajstić information content (AvgIpc) is 2.54. The van der Waals surface area contributed by atoms with Crippen molar-refractivity contribution in [3.05, 3.63) is 28.2 Å². The average molecular weight is 433 g/mol. The van der Waals surface area contributed by atoms with Crippen LogP contribution in [-0.2, 0) is 24.3 Å². The molecule has 0 saturated carbocycles. The van der Waals surface area contributed by atoms with E-state index < -0.39 is 21.9 Å². The number of halogens is 1. The standard InChI is InChI=1S/C16H21BrN2O5S/c1-11-9-13(17)3-4-14(11)18-15(20)10-24-16(21)12-5-7-19(8-6-12)25(2,22)23/h3-4,9,12H,5-8,10H2,1-2H3,(H,18,20). The van der Waals surface area contributed by atoms with Gasteiger partial charge in [0.2, 0.25) is 10.0 Å². The third-order valence-electron chi connectivity index (χ3n) is 4.06. The van der Waals surface area contributed by atoms with Gasteiger partial charge >= 0.3 is 5.97 Å². The van der Waals surface area contributed by atoms with Crippen LogP contribution in [0.1, 0.15) is 18.4 Å². The summed E-state index contributed by atoms with van der Waals surface area (Å²) >= 11 is 3.35. The Balaban J connectivity index is 1.79. The lowest BCUT2D eigenvalue weighted by atomic mass is 9.98. The summed E-state index contributed by atoms with van der Waals surface area (Å²) in [5.41, 5.74) is 1.55. The van der Waals surface area contributed by atoms with E-state index in [2.05, 4.69) is 21.2 Å². The molecular formula is C16H21BrN2O5S. The first-order valence-corrected chi connectivity index (χ1v) is 10.5. The van der Waals surface area contributed by atoms with Crippen LogP contribution in [-0.4, -0.2) is 50.6 Å². The molecular weight excluding hydrogens is 412 g/mol. The molecule has 1 saturated heterocycles. The number of nitrogens with zero attached hydrogens (tertiary/aromatic N) is 1. The van der Waals surface area contributed by atoms with Crippen molar-refractivity contribution in [3.63, 3.8) is 0 Å². The van der Waals surface area contributed by atoms with E-state index in [-0.39, 0.29) is 12.5 Å². The number of rotatable bonds is 5. The van der Waals surface area contributed by atoms with Gasteiger partial charge in [-0.2, -0.15) is 0 Å². The normalized spacial score (nSPS) is 16.4. The number of hydrogen-bond acceptors (Lipinski definition) is 5. The molecule has 7 nitrogen and oxygen atoms in total. The number of esters is 1. The summed E-state index contributed by atoms with van der Waals surface area (Å²) in [5.74, 6) is -1.25. The van der Waals surface area contributed by atoms with Crippen molar-refractivity contribution in [3.8, 4) is 0 Å². The van der Waals surface area contributed by atoms with Gasteiger partial charge in [0.05, 0.1) is 12.2 Å². The highest BCUT2D eigenvalue weighted by atomic mass is 79.9. The van der Waals surface area contributed by atoms with E-state index >= 15 is 0 Å². The van der Waals surface area contributed by atoms with Crippen LogP contribution in [0.25, 0.3) is 0 Å². The number of sulfonamides is 1. The molecule has 1 aliphatic heterocycles. The Labute approximate surface area is 155 Å². The predicted octanol–water partition coefficient (Wildman–Crippen LogP) is 1.91. The smallest absolute Gasteiger partial charge is 0.309 e. The van der Waals surface area contributed by atoms with Crippen molar-refractivity contribution in [2.45, 2.75) is 19.8 Å². The predicted molar refractivity (Wildman–Crippen MR) is 97.6 cm³/mol. The fraction of sp³-hybridized carbons (Fsp3) is 0.500. The molecule has 0 radical (unpaired) electrons. The SMILES string of the molecule is Cc1cc(Br)ccc1NC(=O)COC(=O)C1CCN(S(C)(=O)=O)CC1. The van der Waals surface area contributed by atoms with Gasteiger partial charge in [-0.3, -0.25) is 9.59 Å². The number of piperidine rings is 1. The van der Waals surface area contributed by atoms with Crippen molar-refractivity contribution in [1.82, 2.24) is 4.31 Å². The number of hydrogen-bond donors (Lipinski definition) is 1. The fourth-order valence-electron chi connectivity index (χ4n) is 2.63. The molecule has 0 unspecified atom stereocenters. The van der Waals surface area contributed by atoms with Crippen molar-refractivity contribution >= 4 is 43.5 Å². The lowest BCUT2D eigenvalue weighted by Gasteiger charge is -2.28. The minimum absolute atomic E-state index is 0.295. The molecule has 138 valence electrons. The number of nitrogens with one attached hydrogen (secondary N) is 1. The molecule has 1 heterocycles. The quantitative estimate of drug-likeness (QED) is 0.717. The van der Waals surface area contributed by atoms with Crippen LogP contribution in [0, 0.1) is 12.8 Å². The Kier molecular flexibility index (Phi) is 6.59.